The van der Waals surface area contributed by atoms with Crippen LogP contribution in [0, 0.1) is 5.92 Å². The van der Waals surface area contributed by atoms with Crippen LogP contribution in [0.1, 0.15) is 30.0 Å². The van der Waals surface area contributed by atoms with Crippen molar-refractivity contribution in [1.29, 1.82) is 0 Å². The number of para-hydroxylation sites is 1. The lowest BCUT2D eigenvalue weighted by atomic mass is 9.89. The Balaban J connectivity index is 1.48. The molecule has 2 aromatic carbocycles. The third-order valence-electron chi connectivity index (χ3n) is 5.53. The van der Waals surface area contributed by atoms with Gasteiger partial charge in [-0.05, 0) is 49.9 Å². The van der Waals surface area contributed by atoms with Crippen LogP contribution in [0.15, 0.2) is 60.8 Å². The molecule has 0 amide bonds. The first-order valence-corrected chi connectivity index (χ1v) is 9.29. The second kappa shape index (κ2) is 7.34. The molecular formula is C22H24N2O2. The number of H-pyrrole nitrogens is 1. The van der Waals surface area contributed by atoms with E-state index in [1.807, 2.05) is 36.5 Å². The molecule has 3 aromatic rings. The highest BCUT2D eigenvalue weighted by Crippen LogP contribution is 2.32. The number of aromatic nitrogens is 1. The van der Waals surface area contributed by atoms with Gasteiger partial charge in [-0.25, -0.2) is 0 Å². The Morgan fingerprint density at radius 2 is 1.77 bits per heavy atom. The largest absolute Gasteiger partial charge is 0.480 e. The number of nitrogens with one attached hydrogen (secondary N) is 1. The van der Waals surface area contributed by atoms with Crippen molar-refractivity contribution in [2.75, 3.05) is 13.1 Å². The van der Waals surface area contributed by atoms with Gasteiger partial charge in [0, 0.05) is 22.7 Å². The van der Waals surface area contributed by atoms with Crippen LogP contribution in [0.2, 0.25) is 0 Å². The van der Waals surface area contributed by atoms with Gasteiger partial charge in [-0.3, -0.25) is 9.69 Å². The van der Waals surface area contributed by atoms with Gasteiger partial charge in [0.1, 0.15) is 6.04 Å². The van der Waals surface area contributed by atoms with E-state index in [1.54, 1.807) is 0 Å². The average molecular weight is 348 g/mol. The molecule has 4 rings (SSSR count). The van der Waals surface area contributed by atoms with Crippen molar-refractivity contribution in [3.8, 4) is 0 Å². The molecule has 0 saturated carbocycles. The van der Waals surface area contributed by atoms with Crippen LogP contribution < -0.4 is 0 Å². The van der Waals surface area contributed by atoms with E-state index in [2.05, 4.69) is 34.1 Å². The maximum Gasteiger partial charge on any atom is 0.325 e. The van der Waals surface area contributed by atoms with Crippen LogP contribution in [0.5, 0.6) is 0 Å². The summed E-state index contributed by atoms with van der Waals surface area (Å²) in [5.74, 6) is -0.137. The summed E-state index contributed by atoms with van der Waals surface area (Å²) in [7, 11) is 0. The number of aromatic amines is 1. The minimum atomic E-state index is -0.767. The minimum absolute atomic E-state index is 0.580. The summed E-state index contributed by atoms with van der Waals surface area (Å²) >= 11 is 0. The number of hydrogen-bond donors (Lipinski definition) is 2. The smallest absolute Gasteiger partial charge is 0.325 e. The fourth-order valence-electron chi connectivity index (χ4n) is 4.17. The normalized spacial score (nSPS) is 17.4. The molecule has 0 radical (unpaired) electrons. The van der Waals surface area contributed by atoms with Crippen LogP contribution >= 0.6 is 0 Å². The number of rotatable bonds is 5. The van der Waals surface area contributed by atoms with E-state index in [4.69, 9.17) is 0 Å². The quantitative estimate of drug-likeness (QED) is 0.725. The van der Waals surface area contributed by atoms with Crippen LogP contribution in [-0.2, 0) is 11.2 Å². The van der Waals surface area contributed by atoms with Gasteiger partial charge in [0.05, 0.1) is 0 Å². The van der Waals surface area contributed by atoms with Gasteiger partial charge in [-0.15, -0.1) is 0 Å². The number of carboxylic acid groups (broad SMARTS) is 1. The second-order valence-electron chi connectivity index (χ2n) is 7.20. The fraction of sp³-hybridized carbons (Fsp3) is 0.318. The van der Waals surface area contributed by atoms with E-state index in [0.29, 0.717) is 5.92 Å². The van der Waals surface area contributed by atoms with Crippen LogP contribution in [0.3, 0.4) is 0 Å². The number of carboxylic acids is 1. The lowest BCUT2D eigenvalue weighted by molar-refractivity contribution is -0.144. The maximum absolute atomic E-state index is 12.1. The topological polar surface area (TPSA) is 56.3 Å². The zero-order chi connectivity index (χ0) is 17.9. The monoisotopic (exact) mass is 348 g/mol. The first kappa shape index (κ1) is 16.9. The summed E-state index contributed by atoms with van der Waals surface area (Å²) in [6.07, 6.45) is 5.03. The Kier molecular flexibility index (Phi) is 4.76. The zero-order valence-electron chi connectivity index (χ0n) is 14.8. The van der Waals surface area contributed by atoms with Crippen molar-refractivity contribution in [2.24, 2.45) is 5.92 Å². The number of fused-ring (bicyclic) bond motifs is 1. The summed E-state index contributed by atoms with van der Waals surface area (Å²) in [5, 5.41) is 10.9. The van der Waals surface area contributed by atoms with E-state index in [1.165, 1.54) is 5.56 Å². The molecule has 1 aromatic heterocycles. The highest BCUT2D eigenvalue weighted by atomic mass is 16.4. The van der Waals surface area contributed by atoms with Gasteiger partial charge in [0.2, 0.25) is 0 Å². The molecule has 1 aliphatic rings. The number of aliphatic carboxylic acids is 1. The predicted molar refractivity (Wildman–Crippen MR) is 103 cm³/mol. The van der Waals surface area contributed by atoms with E-state index >= 15 is 0 Å². The molecule has 1 fully saturated rings. The lowest BCUT2D eigenvalue weighted by Gasteiger charge is -2.35. The van der Waals surface area contributed by atoms with Gasteiger partial charge in [0.25, 0.3) is 0 Å². The van der Waals surface area contributed by atoms with Gasteiger partial charge < -0.3 is 10.1 Å². The van der Waals surface area contributed by atoms with Crippen LogP contribution in [0.4, 0.5) is 0 Å². The molecule has 0 aliphatic carbocycles. The van der Waals surface area contributed by atoms with E-state index < -0.39 is 12.0 Å². The Hall–Kier alpha value is -2.59. The molecule has 134 valence electrons. The number of benzene rings is 2. The molecule has 1 saturated heterocycles. The molecule has 4 heteroatoms. The molecule has 0 bridgehead atoms. The SMILES string of the molecule is O=C(O)C(c1c[nH]c2ccccc12)N1CCC(Cc2ccccc2)CC1. The van der Waals surface area contributed by atoms with Gasteiger partial charge in [0.15, 0.2) is 0 Å². The highest BCUT2D eigenvalue weighted by molar-refractivity contribution is 5.89. The molecule has 1 unspecified atom stereocenters. The van der Waals surface area contributed by atoms with Crippen LogP contribution in [-0.4, -0.2) is 34.0 Å². The number of hydrogen-bond acceptors (Lipinski definition) is 2. The van der Waals surface area contributed by atoms with E-state index in [9.17, 15) is 9.90 Å². The van der Waals surface area contributed by atoms with Gasteiger partial charge >= 0.3 is 5.97 Å². The van der Waals surface area contributed by atoms with E-state index in [0.717, 1.165) is 48.8 Å². The standard InChI is InChI=1S/C22H24N2O2/c25-22(26)21(19-15-23-20-9-5-4-8-18(19)20)24-12-10-17(11-13-24)14-16-6-2-1-3-7-16/h1-9,15,17,21,23H,10-14H2,(H,25,26). The zero-order valence-corrected chi connectivity index (χ0v) is 14.8. The first-order valence-electron chi connectivity index (χ1n) is 9.29. The molecule has 1 atom stereocenters. The van der Waals surface area contributed by atoms with Crippen molar-refractivity contribution >= 4 is 16.9 Å². The highest BCUT2D eigenvalue weighted by Gasteiger charge is 2.32. The number of nitrogens with zero attached hydrogens (tertiary/aromatic N) is 1. The Labute approximate surface area is 153 Å². The first-order chi connectivity index (χ1) is 12.7. The van der Waals surface area contributed by atoms with Crippen molar-refractivity contribution in [3.05, 3.63) is 71.9 Å². The summed E-state index contributed by atoms with van der Waals surface area (Å²) in [4.78, 5) is 17.4. The molecule has 0 spiro atoms. The fourth-order valence-corrected chi connectivity index (χ4v) is 4.17. The summed E-state index contributed by atoms with van der Waals surface area (Å²) < 4.78 is 0. The summed E-state index contributed by atoms with van der Waals surface area (Å²) in [6, 6.07) is 17.9. The second-order valence-corrected chi connectivity index (χ2v) is 7.20. The van der Waals surface area contributed by atoms with Gasteiger partial charge in [-0.2, -0.15) is 0 Å². The number of carbonyl (C=O) groups is 1. The maximum atomic E-state index is 12.1. The molecule has 2 N–H and O–H groups in total. The summed E-state index contributed by atoms with van der Waals surface area (Å²) in [5.41, 5.74) is 3.24. The Morgan fingerprint density at radius 3 is 2.50 bits per heavy atom. The van der Waals surface area contributed by atoms with Crippen LogP contribution in [0.25, 0.3) is 10.9 Å². The Morgan fingerprint density at radius 1 is 1.08 bits per heavy atom. The van der Waals surface area contributed by atoms with Crippen molar-refractivity contribution in [2.45, 2.75) is 25.3 Å². The molecule has 1 aliphatic heterocycles. The van der Waals surface area contributed by atoms with Crippen molar-refractivity contribution in [3.63, 3.8) is 0 Å². The number of piperidine rings is 1. The summed E-state index contributed by atoms with van der Waals surface area (Å²) in [6.45, 7) is 1.65. The minimum Gasteiger partial charge on any atom is -0.480 e. The molecular weight excluding hydrogens is 324 g/mol. The lowest BCUT2D eigenvalue weighted by Crippen LogP contribution is -2.40. The molecule has 2 heterocycles. The number of likely N-dealkylation sites (tertiary alicyclic amines) is 1. The van der Waals surface area contributed by atoms with Gasteiger partial charge in [-0.1, -0.05) is 48.5 Å². The third-order valence-corrected chi connectivity index (χ3v) is 5.53. The molecule has 26 heavy (non-hydrogen) atoms. The predicted octanol–water partition coefficient (Wildman–Crippen LogP) is 4.25. The van der Waals surface area contributed by atoms with Crippen molar-refractivity contribution in [1.82, 2.24) is 9.88 Å². The average Bonchev–Trinajstić information content (AvgIpc) is 3.08. The Bertz CT molecular complexity index is 879. The van der Waals surface area contributed by atoms with E-state index in [-0.39, 0.29) is 0 Å². The van der Waals surface area contributed by atoms with Crippen molar-refractivity contribution < 1.29 is 9.90 Å². The molecule has 4 nitrogen and oxygen atoms in total. The third kappa shape index (κ3) is 3.37.